The fourth-order valence-corrected chi connectivity index (χ4v) is 8.15. The molecule has 2 aliphatic heterocycles. The normalized spacial score (nSPS) is 31.4. The Morgan fingerprint density at radius 3 is 1.79 bits per heavy atom. The molecule has 0 aliphatic carbocycles. The monoisotopic (exact) mass is 750 g/mol. The summed E-state index contributed by atoms with van der Waals surface area (Å²) in [6.07, 6.45) is -12.0. The van der Waals surface area contributed by atoms with Gasteiger partial charge in [0.05, 0.1) is 19.5 Å². The second kappa shape index (κ2) is 13.4. The molecule has 10 N–H and O–H groups in total. The van der Waals surface area contributed by atoms with Crippen LogP contribution in [0.5, 0.6) is 0 Å². The van der Waals surface area contributed by atoms with Crippen LogP contribution in [0.15, 0.2) is 37.8 Å². The number of imidazole rings is 1. The van der Waals surface area contributed by atoms with Crippen LogP contribution in [-0.2, 0) is 40.8 Å². The molecule has 2 aliphatic rings. The average molecular weight is 750 g/mol. The quantitative estimate of drug-likeness (QED) is 0.0781. The van der Waals surface area contributed by atoms with Crippen molar-refractivity contribution in [2.45, 2.75) is 49.1 Å². The minimum absolute atomic E-state index is 0.221. The Balaban J connectivity index is 1.16. The number of H-pyrrole nitrogens is 3. The number of aliphatic hydroxyl groups excluding tert-OH is 4. The number of aromatic amines is 3. The number of phosphoric ester groups is 2. The summed E-state index contributed by atoms with van der Waals surface area (Å²) in [6, 6.07) is 0.895. The standard InChI is InChI=1S/C19H25N6O20P3/c26-8-1-2-24(19(33)21-8)16-12(29)10(27)6(42-16)3-40-46(34,35)44-48(38,39)45-47(36,37)41-4-7-11(28)13(30)17(43-7)25-5-20-9-14(25)22-18(32)23-15(9)31/h1-2,5-7,10-13,16-17,27-30H,3-4H2,(H,34,35)(H,36,37)(H,38,39)(H,21,26,33)(H2,22,23,31,32)/t6-,7-,10-,11-,12-,13-,16-,17+/m1/s1. The van der Waals surface area contributed by atoms with Gasteiger partial charge >= 0.3 is 34.8 Å². The fourth-order valence-electron chi connectivity index (χ4n) is 4.62. The summed E-state index contributed by atoms with van der Waals surface area (Å²) in [6.45, 7) is -2.26. The summed E-state index contributed by atoms with van der Waals surface area (Å²) in [5.74, 6) is 0. The smallest absolute Gasteiger partial charge is 0.387 e. The summed E-state index contributed by atoms with van der Waals surface area (Å²) in [5, 5.41) is 41.2. The number of aliphatic hydroxyl groups is 4. The Kier molecular flexibility index (Phi) is 10.1. The predicted octanol–water partition coefficient (Wildman–Crippen LogP) is -4.43. The molecule has 5 rings (SSSR count). The highest BCUT2D eigenvalue weighted by molar-refractivity contribution is 7.66. The lowest BCUT2D eigenvalue weighted by Crippen LogP contribution is -2.37. The van der Waals surface area contributed by atoms with Crippen molar-refractivity contribution in [3.8, 4) is 0 Å². The lowest BCUT2D eigenvalue weighted by Gasteiger charge is -2.21. The van der Waals surface area contributed by atoms with Crippen LogP contribution in [0.4, 0.5) is 0 Å². The van der Waals surface area contributed by atoms with Crippen LogP contribution in [0.1, 0.15) is 12.5 Å². The van der Waals surface area contributed by atoms with E-state index in [0.717, 1.165) is 23.2 Å². The van der Waals surface area contributed by atoms with Crippen molar-refractivity contribution >= 4 is 34.6 Å². The number of hydrogen-bond donors (Lipinski definition) is 10. The van der Waals surface area contributed by atoms with Crippen LogP contribution < -0.4 is 22.5 Å². The van der Waals surface area contributed by atoms with Gasteiger partial charge in [-0.2, -0.15) is 8.62 Å². The third-order valence-electron chi connectivity index (χ3n) is 6.76. The van der Waals surface area contributed by atoms with Crippen molar-refractivity contribution in [3.05, 3.63) is 60.3 Å². The van der Waals surface area contributed by atoms with E-state index in [2.05, 4.69) is 27.6 Å². The van der Waals surface area contributed by atoms with Crippen LogP contribution in [0.25, 0.3) is 11.2 Å². The Hall–Kier alpha value is -3.00. The van der Waals surface area contributed by atoms with E-state index in [0.29, 0.717) is 4.57 Å². The third-order valence-corrected chi connectivity index (χ3v) is 11.0. The number of fused-ring (bicyclic) bond motifs is 1. The first kappa shape index (κ1) is 36.3. The van der Waals surface area contributed by atoms with Crippen LogP contribution >= 0.6 is 23.5 Å². The van der Waals surface area contributed by atoms with Crippen molar-refractivity contribution in [1.82, 2.24) is 29.1 Å². The maximum Gasteiger partial charge on any atom is 0.490 e. The highest BCUT2D eigenvalue weighted by atomic mass is 31.3. The van der Waals surface area contributed by atoms with E-state index in [4.69, 9.17) is 9.47 Å². The van der Waals surface area contributed by atoms with Gasteiger partial charge < -0.3 is 44.6 Å². The Labute approximate surface area is 262 Å². The number of phosphoric acid groups is 3. The minimum Gasteiger partial charge on any atom is -0.387 e. The molecule has 48 heavy (non-hydrogen) atoms. The molecule has 0 amide bonds. The largest absolute Gasteiger partial charge is 0.490 e. The number of aromatic nitrogens is 6. The Morgan fingerprint density at radius 1 is 0.750 bits per heavy atom. The maximum atomic E-state index is 12.3. The zero-order valence-corrected chi connectivity index (χ0v) is 26.1. The summed E-state index contributed by atoms with van der Waals surface area (Å²) >= 11 is 0. The van der Waals surface area contributed by atoms with E-state index in [9.17, 15) is 68.0 Å². The molecular formula is C19H25N6O20P3. The van der Waals surface area contributed by atoms with Gasteiger partial charge in [-0.3, -0.25) is 42.7 Å². The number of nitrogens with one attached hydrogen (secondary N) is 3. The second-order valence-electron chi connectivity index (χ2n) is 10.0. The molecule has 0 aromatic carbocycles. The number of nitrogens with zero attached hydrogens (tertiary/aromatic N) is 3. The molecule has 0 radical (unpaired) electrons. The molecule has 3 aromatic rings. The molecule has 0 saturated carbocycles. The third kappa shape index (κ3) is 7.74. The minimum atomic E-state index is -6.01. The lowest BCUT2D eigenvalue weighted by atomic mass is 10.1. The van der Waals surface area contributed by atoms with Gasteiger partial charge in [0.2, 0.25) is 0 Å². The molecule has 5 heterocycles. The van der Waals surface area contributed by atoms with Gasteiger partial charge in [-0.15, -0.1) is 0 Å². The van der Waals surface area contributed by atoms with Crippen molar-refractivity contribution in [2.75, 3.05) is 13.2 Å². The molecule has 3 aromatic heterocycles. The highest BCUT2D eigenvalue weighted by Gasteiger charge is 2.49. The molecule has 0 bridgehead atoms. The highest BCUT2D eigenvalue weighted by Crippen LogP contribution is 2.67. The van der Waals surface area contributed by atoms with Crippen LogP contribution in [0.3, 0.4) is 0 Å². The van der Waals surface area contributed by atoms with Crippen LogP contribution in [0, 0.1) is 0 Å². The number of ether oxygens (including phenoxy) is 2. The molecule has 2 fully saturated rings. The van der Waals surface area contributed by atoms with Gasteiger partial charge in [-0.25, -0.2) is 28.3 Å². The van der Waals surface area contributed by atoms with E-state index >= 15 is 0 Å². The molecule has 29 heteroatoms. The van der Waals surface area contributed by atoms with Crippen LogP contribution in [-0.4, -0.2) is 114 Å². The predicted molar refractivity (Wildman–Crippen MR) is 148 cm³/mol. The zero-order chi connectivity index (χ0) is 35.3. The molecule has 266 valence electrons. The van der Waals surface area contributed by atoms with Gasteiger partial charge in [0.1, 0.15) is 42.3 Å². The number of hydrogen-bond acceptors (Lipinski definition) is 18. The van der Waals surface area contributed by atoms with Crippen molar-refractivity contribution in [1.29, 1.82) is 0 Å². The van der Waals surface area contributed by atoms with Crippen molar-refractivity contribution < 1.29 is 75.9 Å². The van der Waals surface area contributed by atoms with E-state index in [1.54, 1.807) is 0 Å². The fraction of sp³-hybridized carbons (Fsp3) is 0.526. The lowest BCUT2D eigenvalue weighted by molar-refractivity contribution is -0.0543. The number of rotatable bonds is 12. The molecule has 2 saturated heterocycles. The maximum absolute atomic E-state index is 12.3. The first-order chi connectivity index (χ1) is 22.3. The van der Waals surface area contributed by atoms with Gasteiger partial charge in [0.25, 0.3) is 11.1 Å². The second-order valence-corrected chi connectivity index (χ2v) is 14.7. The van der Waals surface area contributed by atoms with Crippen LogP contribution in [0.2, 0.25) is 0 Å². The van der Waals surface area contributed by atoms with E-state index in [-0.39, 0.29) is 11.2 Å². The Morgan fingerprint density at radius 2 is 1.27 bits per heavy atom. The SMILES string of the molecule is O=c1ccn([C@@H]2O[C@H](COP(=O)(O)OP(=O)(O)OP(=O)(O)OC[C@H]3O[C@H](n4cnc5c(=O)[nH]c(=O)[nH]c54)[C@H](O)[C@@H]3O)[C@@H](O)[C@H]2O)c(=O)[nH]1. The zero-order valence-electron chi connectivity index (χ0n) is 23.4. The average Bonchev–Trinajstić information content (AvgIpc) is 3.59. The first-order valence-electron chi connectivity index (χ1n) is 13.0. The van der Waals surface area contributed by atoms with Gasteiger partial charge in [-0.05, 0) is 0 Å². The van der Waals surface area contributed by atoms with Gasteiger partial charge in [-0.1, -0.05) is 0 Å². The molecule has 11 atom stereocenters. The summed E-state index contributed by atoms with van der Waals surface area (Å²) < 4.78 is 66.1. The topological polar surface area (TPSA) is 387 Å². The van der Waals surface area contributed by atoms with Crippen molar-refractivity contribution in [3.63, 3.8) is 0 Å². The molecule has 26 nitrogen and oxygen atoms in total. The molecule has 3 unspecified atom stereocenters. The van der Waals surface area contributed by atoms with Gasteiger partial charge in [0.15, 0.2) is 18.0 Å². The summed E-state index contributed by atoms with van der Waals surface area (Å²) in [5.41, 5.74) is -4.14. The van der Waals surface area contributed by atoms with Crippen molar-refractivity contribution in [2.24, 2.45) is 0 Å². The summed E-state index contributed by atoms with van der Waals surface area (Å²) in [7, 11) is -17.4. The first-order valence-corrected chi connectivity index (χ1v) is 17.5. The Bertz CT molecular complexity index is 2060. The van der Waals surface area contributed by atoms with E-state index < -0.39 is 108 Å². The molecule has 0 spiro atoms. The summed E-state index contributed by atoms with van der Waals surface area (Å²) in [4.78, 5) is 86.2. The molecular weight excluding hydrogens is 725 g/mol. The van der Waals surface area contributed by atoms with Gasteiger partial charge in [0, 0.05) is 12.3 Å². The van der Waals surface area contributed by atoms with E-state index in [1.165, 1.54) is 0 Å². The van der Waals surface area contributed by atoms with E-state index in [1.807, 2.05) is 9.97 Å².